The lowest BCUT2D eigenvalue weighted by Gasteiger charge is -2.26. The van der Waals surface area contributed by atoms with E-state index < -0.39 is 5.91 Å². The Bertz CT molecular complexity index is 858. The van der Waals surface area contributed by atoms with E-state index in [2.05, 4.69) is 5.32 Å². The van der Waals surface area contributed by atoms with Crippen molar-refractivity contribution in [2.24, 2.45) is 0 Å². The van der Waals surface area contributed by atoms with E-state index in [1.54, 1.807) is 24.3 Å². The van der Waals surface area contributed by atoms with Crippen LogP contribution in [0.25, 0.3) is 0 Å². The number of carbonyl (C=O) groups is 3. The van der Waals surface area contributed by atoms with Gasteiger partial charge in [-0.25, -0.2) is 0 Å². The van der Waals surface area contributed by atoms with E-state index in [1.807, 2.05) is 32.0 Å². The lowest BCUT2D eigenvalue weighted by molar-refractivity contribution is -0.131. The molecule has 25 heavy (non-hydrogen) atoms. The molecule has 1 heterocycles. The summed E-state index contributed by atoms with van der Waals surface area (Å²) in [6, 6.07) is 12.8. The van der Waals surface area contributed by atoms with E-state index in [9.17, 15) is 14.4 Å². The first kappa shape index (κ1) is 16.9. The van der Waals surface area contributed by atoms with Crippen LogP contribution in [0.4, 0.5) is 5.69 Å². The van der Waals surface area contributed by atoms with Gasteiger partial charge in [0.2, 0.25) is 11.8 Å². The van der Waals surface area contributed by atoms with Gasteiger partial charge in [-0.1, -0.05) is 43.3 Å². The van der Waals surface area contributed by atoms with Crippen molar-refractivity contribution in [1.82, 2.24) is 4.90 Å². The third kappa shape index (κ3) is 3.31. The zero-order valence-corrected chi connectivity index (χ0v) is 14.3. The van der Waals surface area contributed by atoms with Crippen molar-refractivity contribution >= 4 is 23.4 Å². The maximum atomic E-state index is 12.5. The molecule has 0 bridgehead atoms. The summed E-state index contributed by atoms with van der Waals surface area (Å²) in [5, 5.41) is 2.86. The minimum Gasteiger partial charge on any atom is -0.324 e. The van der Waals surface area contributed by atoms with Gasteiger partial charge in [0, 0.05) is 11.3 Å². The van der Waals surface area contributed by atoms with E-state index in [0.29, 0.717) is 11.1 Å². The number of para-hydroxylation sites is 1. The van der Waals surface area contributed by atoms with Gasteiger partial charge in [-0.05, 0) is 36.1 Å². The normalized spacial score (nSPS) is 13.6. The average Bonchev–Trinajstić information content (AvgIpc) is 2.60. The third-order valence-corrected chi connectivity index (χ3v) is 4.44. The Morgan fingerprint density at radius 2 is 1.88 bits per heavy atom. The first-order valence-electron chi connectivity index (χ1n) is 8.32. The predicted molar refractivity (Wildman–Crippen MR) is 95.4 cm³/mol. The van der Waals surface area contributed by atoms with E-state index in [-0.39, 0.29) is 24.8 Å². The summed E-state index contributed by atoms with van der Waals surface area (Å²) < 4.78 is 0. The largest absolute Gasteiger partial charge is 0.324 e. The molecule has 0 radical (unpaired) electrons. The highest BCUT2D eigenvalue weighted by Gasteiger charge is 2.32. The number of anilines is 1. The van der Waals surface area contributed by atoms with Gasteiger partial charge < -0.3 is 5.32 Å². The van der Waals surface area contributed by atoms with Crippen LogP contribution in [0.2, 0.25) is 0 Å². The number of carbonyl (C=O) groups excluding carboxylic acids is 3. The maximum Gasteiger partial charge on any atom is 0.261 e. The molecule has 0 atom stereocenters. The topological polar surface area (TPSA) is 66.5 Å². The van der Waals surface area contributed by atoms with Crippen LogP contribution in [-0.2, 0) is 22.4 Å². The summed E-state index contributed by atoms with van der Waals surface area (Å²) in [5.74, 6) is -1.13. The summed E-state index contributed by atoms with van der Waals surface area (Å²) >= 11 is 0. The summed E-state index contributed by atoms with van der Waals surface area (Å²) in [7, 11) is 0. The minimum atomic E-state index is -0.414. The zero-order valence-electron chi connectivity index (χ0n) is 14.3. The van der Waals surface area contributed by atoms with Gasteiger partial charge in [-0.2, -0.15) is 0 Å². The van der Waals surface area contributed by atoms with E-state index in [4.69, 9.17) is 0 Å². The molecule has 1 N–H and O–H groups in total. The highest BCUT2D eigenvalue weighted by Crippen LogP contribution is 2.22. The van der Waals surface area contributed by atoms with Crippen molar-refractivity contribution < 1.29 is 14.4 Å². The standard InChI is InChI=1S/C20H20N2O3/c1-3-14-9-6-7-13(2)19(14)21-17(23)12-22-18(24)11-15-8-4-5-10-16(15)20(22)25/h4-10H,3,11-12H2,1-2H3,(H,21,23). The Morgan fingerprint density at radius 1 is 1.12 bits per heavy atom. The van der Waals surface area contributed by atoms with Gasteiger partial charge >= 0.3 is 0 Å². The van der Waals surface area contributed by atoms with Crippen molar-refractivity contribution in [3.05, 3.63) is 64.7 Å². The predicted octanol–water partition coefficient (Wildman–Crippen LogP) is 2.72. The summed E-state index contributed by atoms with van der Waals surface area (Å²) in [6.07, 6.45) is 0.923. The van der Waals surface area contributed by atoms with Gasteiger partial charge in [-0.3, -0.25) is 19.3 Å². The van der Waals surface area contributed by atoms with Crippen molar-refractivity contribution in [3.8, 4) is 0 Å². The van der Waals surface area contributed by atoms with Crippen LogP contribution < -0.4 is 5.32 Å². The Labute approximate surface area is 146 Å². The molecule has 2 aromatic carbocycles. The number of aryl methyl sites for hydroxylation is 2. The van der Waals surface area contributed by atoms with Crippen molar-refractivity contribution in [1.29, 1.82) is 0 Å². The SMILES string of the molecule is CCc1cccc(C)c1NC(=O)CN1C(=O)Cc2ccccc2C1=O. The molecular formula is C20H20N2O3. The monoisotopic (exact) mass is 336 g/mol. The van der Waals surface area contributed by atoms with Gasteiger partial charge in [0.25, 0.3) is 5.91 Å². The second-order valence-corrected chi connectivity index (χ2v) is 6.13. The van der Waals surface area contributed by atoms with Crippen LogP contribution in [0.5, 0.6) is 0 Å². The summed E-state index contributed by atoms with van der Waals surface area (Å²) in [6.45, 7) is 3.66. The van der Waals surface area contributed by atoms with Crippen LogP contribution in [0, 0.1) is 6.92 Å². The number of hydrogen-bond donors (Lipinski definition) is 1. The van der Waals surface area contributed by atoms with E-state index >= 15 is 0 Å². The van der Waals surface area contributed by atoms with Gasteiger partial charge in [0.05, 0.1) is 6.42 Å². The highest BCUT2D eigenvalue weighted by molar-refractivity contribution is 6.12. The fraction of sp³-hybridized carbons (Fsp3) is 0.250. The number of nitrogens with zero attached hydrogens (tertiary/aromatic N) is 1. The van der Waals surface area contributed by atoms with Gasteiger partial charge in [-0.15, -0.1) is 0 Å². The zero-order chi connectivity index (χ0) is 18.0. The first-order valence-corrected chi connectivity index (χ1v) is 8.32. The second-order valence-electron chi connectivity index (χ2n) is 6.13. The molecule has 1 aliphatic heterocycles. The molecule has 0 unspecified atom stereocenters. The van der Waals surface area contributed by atoms with Crippen LogP contribution in [0.3, 0.4) is 0 Å². The minimum absolute atomic E-state index is 0.139. The maximum absolute atomic E-state index is 12.5. The third-order valence-electron chi connectivity index (χ3n) is 4.44. The van der Waals surface area contributed by atoms with Crippen molar-refractivity contribution in [2.75, 3.05) is 11.9 Å². The lowest BCUT2D eigenvalue weighted by atomic mass is 9.98. The fourth-order valence-corrected chi connectivity index (χ4v) is 3.08. The number of nitrogens with one attached hydrogen (secondary N) is 1. The molecule has 2 aromatic rings. The number of amides is 3. The molecule has 3 amide bonds. The molecule has 0 fully saturated rings. The Kier molecular flexibility index (Phi) is 4.65. The quantitative estimate of drug-likeness (QED) is 0.873. The Morgan fingerprint density at radius 3 is 2.64 bits per heavy atom. The number of fused-ring (bicyclic) bond motifs is 1. The molecule has 5 nitrogen and oxygen atoms in total. The molecule has 3 rings (SSSR count). The Balaban J connectivity index is 1.78. The molecule has 128 valence electrons. The first-order chi connectivity index (χ1) is 12.0. The highest BCUT2D eigenvalue weighted by atomic mass is 16.2. The van der Waals surface area contributed by atoms with Crippen molar-refractivity contribution in [2.45, 2.75) is 26.7 Å². The molecule has 0 aromatic heterocycles. The summed E-state index contributed by atoms with van der Waals surface area (Å²) in [4.78, 5) is 38.3. The number of hydrogen-bond acceptors (Lipinski definition) is 3. The molecule has 0 saturated heterocycles. The van der Waals surface area contributed by atoms with Crippen LogP contribution in [0.15, 0.2) is 42.5 Å². The molecule has 5 heteroatoms. The smallest absolute Gasteiger partial charge is 0.261 e. The lowest BCUT2D eigenvalue weighted by Crippen LogP contribution is -2.46. The fourth-order valence-electron chi connectivity index (χ4n) is 3.08. The molecule has 1 aliphatic rings. The Hall–Kier alpha value is -2.95. The van der Waals surface area contributed by atoms with Gasteiger partial charge in [0.15, 0.2) is 0 Å². The van der Waals surface area contributed by atoms with Crippen LogP contribution >= 0.6 is 0 Å². The van der Waals surface area contributed by atoms with Crippen molar-refractivity contribution in [3.63, 3.8) is 0 Å². The molecular weight excluding hydrogens is 316 g/mol. The second kappa shape index (κ2) is 6.89. The molecule has 0 spiro atoms. The number of imide groups is 1. The number of benzene rings is 2. The number of rotatable bonds is 4. The average molecular weight is 336 g/mol. The van der Waals surface area contributed by atoms with Crippen LogP contribution in [0.1, 0.15) is 34.0 Å². The van der Waals surface area contributed by atoms with E-state index in [0.717, 1.165) is 28.1 Å². The van der Waals surface area contributed by atoms with Gasteiger partial charge in [0.1, 0.15) is 6.54 Å². The summed E-state index contributed by atoms with van der Waals surface area (Å²) in [5.41, 5.74) is 3.93. The van der Waals surface area contributed by atoms with Crippen LogP contribution in [-0.4, -0.2) is 29.2 Å². The molecule has 0 aliphatic carbocycles. The van der Waals surface area contributed by atoms with E-state index in [1.165, 1.54) is 0 Å². The molecule has 0 saturated carbocycles.